The fourth-order valence-corrected chi connectivity index (χ4v) is 1.57. The van der Waals surface area contributed by atoms with Crippen LogP contribution in [0.2, 0.25) is 0 Å². The van der Waals surface area contributed by atoms with Crippen molar-refractivity contribution in [2.45, 2.75) is 26.2 Å². The average molecular weight is 240 g/mol. The van der Waals surface area contributed by atoms with Crippen LogP contribution in [0.4, 0.5) is 4.79 Å². The first kappa shape index (κ1) is 13.2. The minimum atomic E-state index is -1.05. The van der Waals surface area contributed by atoms with Crippen molar-refractivity contribution in [3.8, 4) is 0 Å². The number of hydrogen-bond donors (Lipinski definition) is 2. The highest BCUT2D eigenvalue weighted by molar-refractivity contribution is 5.95. The van der Waals surface area contributed by atoms with E-state index in [-0.39, 0.29) is 12.8 Å². The predicted octanol–water partition coefficient (Wildman–Crippen LogP) is 0.739. The van der Waals surface area contributed by atoms with E-state index >= 15 is 0 Å². The zero-order chi connectivity index (χ0) is 12.8. The molecule has 0 fully saturated rings. The van der Waals surface area contributed by atoms with E-state index < -0.39 is 17.9 Å². The summed E-state index contributed by atoms with van der Waals surface area (Å²) in [6, 6.07) is -0.451. The molecule has 0 aromatic carbocycles. The maximum atomic E-state index is 11.6. The van der Waals surface area contributed by atoms with Gasteiger partial charge >= 0.3 is 12.0 Å². The van der Waals surface area contributed by atoms with Crippen molar-refractivity contribution >= 4 is 17.9 Å². The van der Waals surface area contributed by atoms with Crippen molar-refractivity contribution in [2.75, 3.05) is 13.1 Å². The number of nitrogens with one attached hydrogen (secondary N) is 1. The lowest BCUT2D eigenvalue weighted by molar-refractivity contribution is -0.138. The molecule has 6 heteroatoms. The Morgan fingerprint density at radius 2 is 2.12 bits per heavy atom. The van der Waals surface area contributed by atoms with Crippen LogP contribution >= 0.6 is 0 Å². The largest absolute Gasteiger partial charge is 0.481 e. The molecule has 0 atom stereocenters. The summed E-state index contributed by atoms with van der Waals surface area (Å²) in [5.74, 6) is -1.60. The summed E-state index contributed by atoms with van der Waals surface area (Å²) in [5, 5.41) is 10.6. The molecule has 1 aliphatic heterocycles. The van der Waals surface area contributed by atoms with Crippen LogP contribution < -0.4 is 5.32 Å². The number of amides is 3. The monoisotopic (exact) mass is 240 g/mol. The molecule has 3 amide bonds. The van der Waals surface area contributed by atoms with Crippen molar-refractivity contribution < 1.29 is 19.5 Å². The van der Waals surface area contributed by atoms with Crippen molar-refractivity contribution in [2.24, 2.45) is 0 Å². The minimum absolute atomic E-state index is 0.177. The van der Waals surface area contributed by atoms with Crippen LogP contribution in [-0.2, 0) is 9.59 Å². The number of imide groups is 1. The molecular weight excluding hydrogens is 224 g/mol. The third-order valence-electron chi connectivity index (χ3n) is 2.43. The summed E-state index contributed by atoms with van der Waals surface area (Å²) in [4.78, 5) is 34.7. The predicted molar refractivity (Wildman–Crippen MR) is 60.4 cm³/mol. The molecule has 0 radical (unpaired) electrons. The highest BCUT2D eigenvalue weighted by Gasteiger charge is 2.18. The third kappa shape index (κ3) is 4.67. The van der Waals surface area contributed by atoms with Gasteiger partial charge in [0.25, 0.3) is 0 Å². The van der Waals surface area contributed by atoms with E-state index in [1.807, 2.05) is 6.92 Å². The highest BCUT2D eigenvalue weighted by atomic mass is 16.4. The second kappa shape index (κ2) is 6.03. The molecule has 6 nitrogen and oxygen atoms in total. The second-order valence-corrected chi connectivity index (χ2v) is 4.01. The Bertz CT molecular complexity index is 362. The quantitative estimate of drug-likeness (QED) is 0.712. The normalized spacial score (nSPS) is 15.1. The summed E-state index contributed by atoms with van der Waals surface area (Å²) < 4.78 is 0. The summed E-state index contributed by atoms with van der Waals surface area (Å²) in [6.07, 6.45) is 2.39. The van der Waals surface area contributed by atoms with Gasteiger partial charge < -0.3 is 10.0 Å². The molecule has 0 aromatic heterocycles. The number of rotatable bonds is 3. The van der Waals surface area contributed by atoms with Crippen LogP contribution in [0.5, 0.6) is 0 Å². The standard InChI is InChI=1S/C11H16N2O4/c1-8-3-2-6-13(7-8)11(17)12-9(14)4-5-10(15)16/h3H,2,4-7H2,1H3,(H,15,16)(H,12,14,17). The van der Waals surface area contributed by atoms with Crippen molar-refractivity contribution in [1.29, 1.82) is 0 Å². The number of nitrogens with zero attached hydrogens (tertiary/aromatic N) is 1. The number of carbonyl (C=O) groups is 3. The zero-order valence-corrected chi connectivity index (χ0v) is 9.73. The number of carboxylic acid groups (broad SMARTS) is 1. The zero-order valence-electron chi connectivity index (χ0n) is 9.73. The smallest absolute Gasteiger partial charge is 0.324 e. The van der Waals surface area contributed by atoms with Gasteiger partial charge in [0.05, 0.1) is 6.42 Å². The molecule has 0 bridgehead atoms. The van der Waals surface area contributed by atoms with Gasteiger partial charge in [-0.15, -0.1) is 0 Å². The summed E-state index contributed by atoms with van der Waals surface area (Å²) in [7, 11) is 0. The van der Waals surface area contributed by atoms with Crippen molar-refractivity contribution in [1.82, 2.24) is 10.2 Å². The number of carbonyl (C=O) groups excluding carboxylic acids is 2. The number of hydrogen-bond acceptors (Lipinski definition) is 3. The molecule has 94 valence electrons. The molecule has 1 aliphatic rings. The van der Waals surface area contributed by atoms with Gasteiger partial charge in [0, 0.05) is 19.5 Å². The summed E-state index contributed by atoms with van der Waals surface area (Å²) in [5.41, 5.74) is 1.09. The van der Waals surface area contributed by atoms with E-state index in [0.29, 0.717) is 13.1 Å². The van der Waals surface area contributed by atoms with Gasteiger partial charge in [-0.25, -0.2) is 4.79 Å². The molecule has 0 unspecified atom stereocenters. The first-order valence-corrected chi connectivity index (χ1v) is 5.45. The molecule has 1 rings (SSSR count). The van der Waals surface area contributed by atoms with Gasteiger partial charge in [0.1, 0.15) is 0 Å². The maximum Gasteiger partial charge on any atom is 0.324 e. The van der Waals surface area contributed by atoms with Gasteiger partial charge in [-0.3, -0.25) is 14.9 Å². The van der Waals surface area contributed by atoms with E-state index in [1.54, 1.807) is 0 Å². The SMILES string of the molecule is CC1=CCCN(C(=O)NC(=O)CCC(=O)O)C1. The topological polar surface area (TPSA) is 86.7 Å². The van der Waals surface area contributed by atoms with Gasteiger partial charge in [-0.05, 0) is 13.3 Å². The Labute approximate surface area is 99.3 Å². The molecule has 0 saturated heterocycles. The van der Waals surface area contributed by atoms with Crippen LogP contribution in [0.1, 0.15) is 26.2 Å². The molecular formula is C11H16N2O4. The summed E-state index contributed by atoms with van der Waals surface area (Å²) in [6.45, 7) is 3.01. The van der Waals surface area contributed by atoms with Crippen molar-refractivity contribution in [3.05, 3.63) is 11.6 Å². The van der Waals surface area contributed by atoms with Crippen LogP contribution in [0.15, 0.2) is 11.6 Å². The Morgan fingerprint density at radius 1 is 1.41 bits per heavy atom. The lowest BCUT2D eigenvalue weighted by Gasteiger charge is -2.25. The Hall–Kier alpha value is -1.85. The molecule has 1 heterocycles. The fraction of sp³-hybridized carbons (Fsp3) is 0.545. The average Bonchev–Trinajstić information content (AvgIpc) is 2.26. The van der Waals surface area contributed by atoms with Crippen LogP contribution in [-0.4, -0.2) is 41.0 Å². The molecule has 0 spiro atoms. The van der Waals surface area contributed by atoms with E-state index in [9.17, 15) is 14.4 Å². The number of urea groups is 1. The molecule has 2 N–H and O–H groups in total. The Kier molecular flexibility index (Phi) is 4.68. The van der Waals surface area contributed by atoms with Crippen LogP contribution in [0.3, 0.4) is 0 Å². The number of carboxylic acids is 1. The lowest BCUT2D eigenvalue weighted by atomic mass is 10.1. The van der Waals surface area contributed by atoms with E-state index in [2.05, 4.69) is 11.4 Å². The Morgan fingerprint density at radius 3 is 2.71 bits per heavy atom. The van der Waals surface area contributed by atoms with Gasteiger partial charge in [0.15, 0.2) is 0 Å². The first-order chi connectivity index (χ1) is 7.99. The van der Waals surface area contributed by atoms with E-state index in [1.165, 1.54) is 4.90 Å². The van der Waals surface area contributed by atoms with Gasteiger partial charge in [-0.1, -0.05) is 11.6 Å². The minimum Gasteiger partial charge on any atom is -0.481 e. The first-order valence-electron chi connectivity index (χ1n) is 5.45. The van der Waals surface area contributed by atoms with Crippen LogP contribution in [0, 0.1) is 0 Å². The third-order valence-corrected chi connectivity index (χ3v) is 2.43. The molecule has 17 heavy (non-hydrogen) atoms. The summed E-state index contributed by atoms with van der Waals surface area (Å²) >= 11 is 0. The fourth-order valence-electron chi connectivity index (χ4n) is 1.57. The number of aliphatic carboxylic acids is 1. The maximum absolute atomic E-state index is 11.6. The lowest BCUT2D eigenvalue weighted by Crippen LogP contribution is -2.45. The second-order valence-electron chi connectivity index (χ2n) is 4.01. The van der Waals surface area contributed by atoms with Gasteiger partial charge in [0.2, 0.25) is 5.91 Å². The molecule has 0 aromatic rings. The van der Waals surface area contributed by atoms with Gasteiger partial charge in [-0.2, -0.15) is 0 Å². The highest BCUT2D eigenvalue weighted by Crippen LogP contribution is 2.08. The van der Waals surface area contributed by atoms with Crippen molar-refractivity contribution in [3.63, 3.8) is 0 Å². The molecule has 0 saturated carbocycles. The van der Waals surface area contributed by atoms with Crippen LogP contribution in [0.25, 0.3) is 0 Å². The Balaban J connectivity index is 2.36. The van der Waals surface area contributed by atoms with E-state index in [4.69, 9.17) is 5.11 Å². The van der Waals surface area contributed by atoms with E-state index in [0.717, 1.165) is 12.0 Å². The molecule has 0 aliphatic carbocycles.